The summed E-state index contributed by atoms with van der Waals surface area (Å²) in [4.78, 5) is 0. The molecule has 0 aromatic rings. The molecule has 0 aromatic carbocycles. The second-order valence-corrected chi connectivity index (χ2v) is 4.63. The van der Waals surface area contributed by atoms with Gasteiger partial charge in [0.2, 0.25) is 0 Å². The highest BCUT2D eigenvalue weighted by Crippen LogP contribution is 2.63. The molecule has 0 amide bonds. The third-order valence-corrected chi connectivity index (χ3v) is 3.39. The van der Waals surface area contributed by atoms with Gasteiger partial charge in [-0.15, -0.1) is 0 Å². The molecular weight excluding hydrogens is 176 g/mol. The van der Waals surface area contributed by atoms with E-state index in [0.29, 0.717) is 19.5 Å². The van der Waals surface area contributed by atoms with Crippen LogP contribution in [0.25, 0.3) is 0 Å². The van der Waals surface area contributed by atoms with Gasteiger partial charge < -0.3 is 10.4 Å². The molecule has 1 saturated heterocycles. The lowest BCUT2D eigenvalue weighted by Gasteiger charge is -2.18. The first-order valence-electron chi connectivity index (χ1n) is 4.71. The summed E-state index contributed by atoms with van der Waals surface area (Å²) in [6, 6.07) is 0. The zero-order chi connectivity index (χ0) is 9.69. The predicted octanol–water partition coefficient (Wildman–Crippen LogP) is 1.00. The highest BCUT2D eigenvalue weighted by atomic mass is 19.3. The number of β-amino-alcohol motifs (C(OH)–C–C–N with tert-alkyl or cyclic N) is 1. The average Bonchev–Trinajstić information content (AvgIpc) is 2.37. The molecule has 0 radical (unpaired) electrons. The Labute approximate surface area is 76.3 Å². The molecule has 2 rings (SSSR count). The molecule has 3 atom stereocenters. The Bertz CT molecular complexity index is 222. The zero-order valence-electron chi connectivity index (χ0n) is 7.69. The maximum absolute atomic E-state index is 12.9. The number of nitrogens with one attached hydrogen (secondary N) is 1. The zero-order valence-corrected chi connectivity index (χ0v) is 7.69. The summed E-state index contributed by atoms with van der Waals surface area (Å²) in [5, 5.41) is 12.4. The summed E-state index contributed by atoms with van der Waals surface area (Å²) in [7, 11) is 0. The fourth-order valence-electron chi connectivity index (χ4n) is 2.17. The minimum Gasteiger partial charge on any atom is -0.391 e. The van der Waals surface area contributed by atoms with Crippen molar-refractivity contribution in [2.75, 3.05) is 13.1 Å². The van der Waals surface area contributed by atoms with Crippen molar-refractivity contribution in [1.82, 2.24) is 5.32 Å². The average molecular weight is 191 g/mol. The summed E-state index contributed by atoms with van der Waals surface area (Å²) in [5.41, 5.74) is -0.843. The maximum Gasteiger partial charge on any atom is 0.254 e. The van der Waals surface area contributed by atoms with E-state index in [1.54, 1.807) is 6.92 Å². The molecule has 1 heterocycles. The Hall–Kier alpha value is -0.220. The van der Waals surface area contributed by atoms with Crippen LogP contribution in [0, 0.1) is 11.3 Å². The molecule has 13 heavy (non-hydrogen) atoms. The summed E-state index contributed by atoms with van der Waals surface area (Å²) in [6.07, 6.45) is -0.00887. The summed E-state index contributed by atoms with van der Waals surface area (Å²) in [5.74, 6) is -2.48. The van der Waals surface area contributed by atoms with Gasteiger partial charge in [0.25, 0.3) is 5.92 Å². The molecule has 2 fully saturated rings. The van der Waals surface area contributed by atoms with Crippen molar-refractivity contribution in [3.8, 4) is 0 Å². The lowest BCUT2D eigenvalue weighted by molar-refractivity contribution is 0.0490. The smallest absolute Gasteiger partial charge is 0.254 e. The molecule has 2 nitrogen and oxygen atoms in total. The van der Waals surface area contributed by atoms with Crippen LogP contribution in [0.1, 0.15) is 19.8 Å². The summed E-state index contributed by atoms with van der Waals surface area (Å²) < 4.78 is 25.7. The van der Waals surface area contributed by atoms with Gasteiger partial charge in [0.1, 0.15) is 0 Å². The normalized spacial score (nSPS) is 48.0. The van der Waals surface area contributed by atoms with Crippen LogP contribution >= 0.6 is 0 Å². The van der Waals surface area contributed by atoms with Crippen LogP contribution in [0.15, 0.2) is 0 Å². The molecule has 1 unspecified atom stereocenters. The summed E-state index contributed by atoms with van der Waals surface area (Å²) >= 11 is 0. The molecular formula is C9H15F2NO. The number of hydrogen-bond donors (Lipinski definition) is 2. The molecule has 4 heteroatoms. The highest BCUT2D eigenvalue weighted by Gasteiger charge is 2.68. The molecule has 0 bridgehead atoms. The first-order valence-corrected chi connectivity index (χ1v) is 4.71. The minimum absolute atomic E-state index is 0.0107. The van der Waals surface area contributed by atoms with E-state index in [2.05, 4.69) is 5.32 Å². The van der Waals surface area contributed by atoms with Crippen LogP contribution < -0.4 is 5.32 Å². The van der Waals surface area contributed by atoms with Gasteiger partial charge in [-0.05, 0) is 12.3 Å². The molecule has 0 spiro atoms. The molecule has 0 aromatic heterocycles. The Morgan fingerprint density at radius 2 is 2.08 bits per heavy atom. The Morgan fingerprint density at radius 3 is 2.46 bits per heavy atom. The number of aliphatic hydroxyl groups excluding tert-OH is 1. The van der Waals surface area contributed by atoms with Gasteiger partial charge in [0.05, 0.1) is 6.10 Å². The van der Waals surface area contributed by atoms with Crippen LogP contribution in [0.2, 0.25) is 0 Å². The molecule has 2 aliphatic rings. The lowest BCUT2D eigenvalue weighted by Crippen LogP contribution is -2.22. The number of aliphatic hydroxyl groups is 1. The maximum atomic E-state index is 12.9. The largest absolute Gasteiger partial charge is 0.391 e. The molecule has 2 N–H and O–H groups in total. The van der Waals surface area contributed by atoms with Gasteiger partial charge >= 0.3 is 0 Å². The SMILES string of the molecule is CC1(C[C@@H]2CNC[C@H]2O)CC1(F)F. The first kappa shape index (κ1) is 9.34. The number of hydrogen-bond acceptors (Lipinski definition) is 2. The molecule has 1 aliphatic carbocycles. The van der Waals surface area contributed by atoms with Crippen LogP contribution in [0.4, 0.5) is 8.78 Å². The van der Waals surface area contributed by atoms with Gasteiger partial charge in [0, 0.05) is 24.9 Å². The van der Waals surface area contributed by atoms with Crippen LogP contribution in [-0.4, -0.2) is 30.2 Å². The number of halogens is 2. The molecule has 1 aliphatic heterocycles. The Kier molecular flexibility index (Phi) is 1.90. The van der Waals surface area contributed by atoms with Gasteiger partial charge in [0.15, 0.2) is 0 Å². The van der Waals surface area contributed by atoms with Crippen molar-refractivity contribution < 1.29 is 13.9 Å². The Morgan fingerprint density at radius 1 is 1.46 bits per heavy atom. The van der Waals surface area contributed by atoms with E-state index >= 15 is 0 Å². The topological polar surface area (TPSA) is 32.3 Å². The predicted molar refractivity (Wildman–Crippen MR) is 44.7 cm³/mol. The second-order valence-electron chi connectivity index (χ2n) is 4.63. The number of rotatable bonds is 2. The van der Waals surface area contributed by atoms with Gasteiger partial charge in [-0.2, -0.15) is 0 Å². The van der Waals surface area contributed by atoms with E-state index < -0.39 is 17.4 Å². The van der Waals surface area contributed by atoms with E-state index in [9.17, 15) is 13.9 Å². The third kappa shape index (κ3) is 1.46. The van der Waals surface area contributed by atoms with Crippen LogP contribution in [-0.2, 0) is 0 Å². The fourth-order valence-corrected chi connectivity index (χ4v) is 2.17. The van der Waals surface area contributed by atoms with E-state index in [1.807, 2.05) is 0 Å². The van der Waals surface area contributed by atoms with Gasteiger partial charge in [-0.3, -0.25) is 0 Å². The fraction of sp³-hybridized carbons (Fsp3) is 1.00. The highest BCUT2D eigenvalue weighted by molar-refractivity contribution is 5.08. The minimum atomic E-state index is -2.49. The molecule has 76 valence electrons. The lowest BCUT2D eigenvalue weighted by atomic mass is 9.91. The summed E-state index contributed by atoms with van der Waals surface area (Å²) in [6.45, 7) is 2.83. The van der Waals surface area contributed by atoms with Crippen molar-refractivity contribution in [1.29, 1.82) is 0 Å². The van der Waals surface area contributed by atoms with Gasteiger partial charge in [-0.25, -0.2) is 8.78 Å². The molecule has 1 saturated carbocycles. The van der Waals surface area contributed by atoms with E-state index in [1.165, 1.54) is 0 Å². The van der Waals surface area contributed by atoms with Crippen molar-refractivity contribution in [3.05, 3.63) is 0 Å². The van der Waals surface area contributed by atoms with Crippen molar-refractivity contribution in [2.24, 2.45) is 11.3 Å². The Balaban J connectivity index is 1.92. The van der Waals surface area contributed by atoms with Gasteiger partial charge in [-0.1, -0.05) is 6.92 Å². The van der Waals surface area contributed by atoms with Crippen molar-refractivity contribution in [2.45, 2.75) is 31.8 Å². The van der Waals surface area contributed by atoms with Crippen molar-refractivity contribution in [3.63, 3.8) is 0 Å². The quantitative estimate of drug-likeness (QED) is 0.682. The second kappa shape index (κ2) is 2.64. The van der Waals surface area contributed by atoms with Crippen LogP contribution in [0.5, 0.6) is 0 Å². The van der Waals surface area contributed by atoms with E-state index in [-0.39, 0.29) is 12.3 Å². The standard InChI is InChI=1S/C9H15F2NO/c1-8(5-9(8,10)11)2-6-3-12-4-7(6)13/h6-7,12-13H,2-5H2,1H3/t6-,7-,8?/m1/s1. The van der Waals surface area contributed by atoms with Crippen LogP contribution in [0.3, 0.4) is 0 Å². The van der Waals surface area contributed by atoms with E-state index in [4.69, 9.17) is 0 Å². The third-order valence-electron chi connectivity index (χ3n) is 3.39. The monoisotopic (exact) mass is 191 g/mol. The number of alkyl halides is 2. The van der Waals surface area contributed by atoms with Crippen molar-refractivity contribution >= 4 is 0 Å². The van der Waals surface area contributed by atoms with E-state index in [0.717, 1.165) is 0 Å². The first-order chi connectivity index (χ1) is 5.95.